The molecule has 1 rings (SSSR count). The lowest BCUT2D eigenvalue weighted by molar-refractivity contribution is 0.203. The Morgan fingerprint density at radius 2 is 2.31 bits per heavy atom. The molecule has 0 amide bonds. The van der Waals surface area contributed by atoms with E-state index < -0.39 is 0 Å². The van der Waals surface area contributed by atoms with Crippen LogP contribution in [0.1, 0.15) is 12.8 Å². The van der Waals surface area contributed by atoms with Crippen LogP contribution in [0.2, 0.25) is 0 Å². The molecule has 2 N–H and O–H groups in total. The van der Waals surface area contributed by atoms with E-state index in [0.717, 1.165) is 24.1 Å². The summed E-state index contributed by atoms with van der Waals surface area (Å²) in [5.74, 6) is 0.723. The van der Waals surface area contributed by atoms with E-state index in [1.165, 1.54) is 25.9 Å². The highest BCUT2D eigenvalue weighted by molar-refractivity contribution is 7.80. The highest BCUT2D eigenvalue weighted by Gasteiger charge is 2.16. The van der Waals surface area contributed by atoms with Crippen LogP contribution in [0.25, 0.3) is 0 Å². The molecule has 0 saturated carbocycles. The summed E-state index contributed by atoms with van der Waals surface area (Å²) in [6.07, 6.45) is 2.60. The summed E-state index contributed by atoms with van der Waals surface area (Å²) in [4.78, 5) is 2.39. The van der Waals surface area contributed by atoms with Gasteiger partial charge in [-0.05, 0) is 44.6 Å². The molecule has 0 bridgehead atoms. The maximum atomic E-state index is 5.17. The number of rotatable bonds is 5. The van der Waals surface area contributed by atoms with Crippen LogP contribution in [-0.4, -0.2) is 57.0 Å². The second-order valence-electron chi connectivity index (χ2n) is 4.40. The Morgan fingerprint density at radius 3 is 3.00 bits per heavy atom. The molecule has 5 heteroatoms. The highest BCUT2D eigenvalue weighted by atomic mass is 32.1. The van der Waals surface area contributed by atoms with Gasteiger partial charge in [-0.25, -0.2) is 0 Å². The van der Waals surface area contributed by atoms with Crippen molar-refractivity contribution in [1.29, 1.82) is 0 Å². The number of thiocarbonyl (C=S) groups is 1. The number of piperidine rings is 1. The first kappa shape index (κ1) is 13.7. The number of nitrogens with one attached hydrogen (secondary N) is 2. The van der Waals surface area contributed by atoms with E-state index in [0.29, 0.717) is 6.61 Å². The molecule has 1 saturated heterocycles. The van der Waals surface area contributed by atoms with Crippen LogP contribution in [0, 0.1) is 5.92 Å². The van der Waals surface area contributed by atoms with Crippen molar-refractivity contribution in [1.82, 2.24) is 15.5 Å². The molecule has 1 aliphatic heterocycles. The summed E-state index contributed by atoms with van der Waals surface area (Å²) >= 11 is 5.17. The van der Waals surface area contributed by atoms with Crippen molar-refractivity contribution >= 4 is 17.3 Å². The topological polar surface area (TPSA) is 36.5 Å². The van der Waals surface area contributed by atoms with Crippen LogP contribution in [0.15, 0.2) is 0 Å². The van der Waals surface area contributed by atoms with Crippen LogP contribution >= 0.6 is 12.2 Å². The van der Waals surface area contributed by atoms with Crippen molar-refractivity contribution in [2.45, 2.75) is 12.8 Å². The van der Waals surface area contributed by atoms with Gasteiger partial charge in [0.15, 0.2) is 5.11 Å². The van der Waals surface area contributed by atoms with E-state index in [4.69, 9.17) is 17.0 Å². The highest BCUT2D eigenvalue weighted by Crippen LogP contribution is 2.13. The monoisotopic (exact) mass is 245 g/mol. The Hall–Kier alpha value is -0.390. The van der Waals surface area contributed by atoms with Crippen molar-refractivity contribution in [3.05, 3.63) is 0 Å². The number of likely N-dealkylation sites (tertiary alicyclic amines) is 1. The molecule has 1 fully saturated rings. The quantitative estimate of drug-likeness (QED) is 0.543. The van der Waals surface area contributed by atoms with Gasteiger partial charge >= 0.3 is 0 Å². The molecule has 0 aliphatic carbocycles. The zero-order chi connectivity index (χ0) is 11.8. The van der Waals surface area contributed by atoms with E-state index in [1.807, 2.05) is 0 Å². The minimum Gasteiger partial charge on any atom is -0.383 e. The van der Waals surface area contributed by atoms with Crippen molar-refractivity contribution in [2.75, 3.05) is 46.9 Å². The molecule has 0 spiro atoms. The zero-order valence-electron chi connectivity index (χ0n) is 10.3. The molecule has 4 nitrogen and oxygen atoms in total. The predicted octanol–water partition coefficient (Wildman–Crippen LogP) is 0.439. The van der Waals surface area contributed by atoms with E-state index in [-0.39, 0.29) is 0 Å². The van der Waals surface area contributed by atoms with Gasteiger partial charge in [0.05, 0.1) is 6.61 Å². The van der Waals surface area contributed by atoms with Crippen molar-refractivity contribution < 1.29 is 4.74 Å². The van der Waals surface area contributed by atoms with Crippen molar-refractivity contribution in [3.8, 4) is 0 Å². The molecule has 0 aromatic heterocycles. The first-order valence-corrected chi connectivity index (χ1v) is 6.32. The molecular formula is C11H23N3OS. The molecule has 94 valence electrons. The number of nitrogens with zero attached hydrogens (tertiary/aromatic N) is 1. The number of hydrogen-bond acceptors (Lipinski definition) is 3. The third kappa shape index (κ3) is 5.63. The van der Waals surface area contributed by atoms with E-state index in [2.05, 4.69) is 22.6 Å². The fourth-order valence-corrected chi connectivity index (χ4v) is 2.19. The molecule has 0 aromatic rings. The molecule has 1 aliphatic rings. The average Bonchev–Trinajstić information content (AvgIpc) is 2.27. The van der Waals surface area contributed by atoms with Gasteiger partial charge in [-0.15, -0.1) is 0 Å². The average molecular weight is 245 g/mol. The molecular weight excluding hydrogens is 222 g/mol. The van der Waals surface area contributed by atoms with E-state index in [1.54, 1.807) is 7.11 Å². The normalized spacial score (nSPS) is 21.8. The SMILES string of the molecule is COCCNC(=S)NCC1CCCN(C)C1. The summed E-state index contributed by atoms with van der Waals surface area (Å²) in [6, 6.07) is 0. The number of hydrogen-bond donors (Lipinski definition) is 2. The molecule has 1 heterocycles. The second kappa shape index (κ2) is 7.81. The minimum atomic E-state index is 0.688. The molecule has 1 atom stereocenters. The zero-order valence-corrected chi connectivity index (χ0v) is 11.1. The fraction of sp³-hybridized carbons (Fsp3) is 0.909. The summed E-state index contributed by atoms with van der Waals surface area (Å²) in [7, 11) is 3.87. The standard InChI is InChI=1S/C11H23N3OS/c1-14-6-3-4-10(9-14)8-13-11(16)12-5-7-15-2/h10H,3-9H2,1-2H3,(H2,12,13,16). The Balaban J connectivity index is 2.06. The molecule has 16 heavy (non-hydrogen) atoms. The van der Waals surface area contributed by atoms with Crippen molar-refractivity contribution in [2.24, 2.45) is 5.92 Å². The van der Waals surface area contributed by atoms with Crippen LogP contribution in [0.5, 0.6) is 0 Å². The lowest BCUT2D eigenvalue weighted by Gasteiger charge is -2.30. The van der Waals surface area contributed by atoms with Gasteiger partial charge < -0.3 is 20.3 Å². The predicted molar refractivity (Wildman–Crippen MR) is 70.7 cm³/mol. The smallest absolute Gasteiger partial charge is 0.166 e. The van der Waals surface area contributed by atoms with Crippen LogP contribution in [0.4, 0.5) is 0 Å². The molecule has 0 aromatic carbocycles. The third-order valence-electron chi connectivity index (χ3n) is 2.87. The lowest BCUT2D eigenvalue weighted by Crippen LogP contribution is -2.43. The number of methoxy groups -OCH3 is 1. The third-order valence-corrected chi connectivity index (χ3v) is 3.15. The molecule has 0 radical (unpaired) electrons. The largest absolute Gasteiger partial charge is 0.383 e. The van der Waals surface area contributed by atoms with Crippen LogP contribution in [-0.2, 0) is 4.74 Å². The van der Waals surface area contributed by atoms with E-state index >= 15 is 0 Å². The van der Waals surface area contributed by atoms with Gasteiger partial charge in [-0.2, -0.15) is 0 Å². The van der Waals surface area contributed by atoms with E-state index in [9.17, 15) is 0 Å². The van der Waals surface area contributed by atoms with Gasteiger partial charge in [0.25, 0.3) is 0 Å². The fourth-order valence-electron chi connectivity index (χ4n) is 2.01. The van der Waals surface area contributed by atoms with Gasteiger partial charge in [-0.1, -0.05) is 0 Å². The van der Waals surface area contributed by atoms with Gasteiger partial charge in [0, 0.05) is 26.7 Å². The summed E-state index contributed by atoms with van der Waals surface area (Å²) in [6.45, 7) is 4.84. The summed E-state index contributed by atoms with van der Waals surface area (Å²) < 4.78 is 4.94. The first-order chi connectivity index (χ1) is 7.72. The van der Waals surface area contributed by atoms with Crippen LogP contribution < -0.4 is 10.6 Å². The first-order valence-electron chi connectivity index (χ1n) is 5.91. The van der Waals surface area contributed by atoms with Gasteiger partial charge in [0.1, 0.15) is 0 Å². The Labute approximate surface area is 104 Å². The Morgan fingerprint density at radius 1 is 1.50 bits per heavy atom. The van der Waals surface area contributed by atoms with Gasteiger partial charge in [0.2, 0.25) is 0 Å². The second-order valence-corrected chi connectivity index (χ2v) is 4.81. The Bertz CT molecular complexity index is 213. The maximum absolute atomic E-state index is 5.17. The molecule has 1 unspecified atom stereocenters. The summed E-state index contributed by atoms with van der Waals surface area (Å²) in [5.41, 5.74) is 0. The lowest BCUT2D eigenvalue weighted by atomic mass is 9.99. The number of ether oxygens (including phenoxy) is 1. The van der Waals surface area contributed by atoms with Gasteiger partial charge in [-0.3, -0.25) is 0 Å². The minimum absolute atomic E-state index is 0.688. The maximum Gasteiger partial charge on any atom is 0.166 e. The van der Waals surface area contributed by atoms with Crippen LogP contribution in [0.3, 0.4) is 0 Å². The summed E-state index contributed by atoms with van der Waals surface area (Å²) in [5, 5.41) is 7.13. The van der Waals surface area contributed by atoms with Crippen molar-refractivity contribution in [3.63, 3.8) is 0 Å². The Kier molecular flexibility index (Phi) is 6.68.